The van der Waals surface area contributed by atoms with Crippen molar-refractivity contribution in [3.05, 3.63) is 74.6 Å². The van der Waals surface area contributed by atoms with Crippen LogP contribution in [0, 0.1) is 17.0 Å². The second-order valence-electron chi connectivity index (χ2n) is 5.92. The molecule has 0 bridgehead atoms. The summed E-state index contributed by atoms with van der Waals surface area (Å²) in [6.45, 7) is 1.64. The van der Waals surface area contributed by atoms with Gasteiger partial charge >= 0.3 is 5.97 Å². The SMILES string of the molecule is Cc1ccc(Nc2nc(N)nc(COC(=O)c3cc([N+](=O)[O-])ccc3Cl)n2)cc1. The highest BCUT2D eigenvalue weighted by atomic mass is 35.5. The number of carbonyl (C=O) groups excluding carboxylic acids is 1. The lowest BCUT2D eigenvalue weighted by Crippen LogP contribution is -2.11. The lowest BCUT2D eigenvalue weighted by Gasteiger charge is -2.09. The van der Waals surface area contributed by atoms with E-state index in [-0.39, 0.29) is 40.6 Å². The Morgan fingerprint density at radius 2 is 1.93 bits per heavy atom. The third-order valence-corrected chi connectivity index (χ3v) is 4.05. The number of rotatable bonds is 6. The molecule has 0 aliphatic carbocycles. The molecule has 0 aliphatic heterocycles. The van der Waals surface area contributed by atoms with E-state index in [4.69, 9.17) is 22.1 Å². The van der Waals surface area contributed by atoms with Crippen LogP contribution in [0.3, 0.4) is 0 Å². The number of aromatic nitrogens is 3. The maximum absolute atomic E-state index is 12.3. The van der Waals surface area contributed by atoms with Crippen LogP contribution in [0.5, 0.6) is 0 Å². The smallest absolute Gasteiger partial charge is 0.340 e. The quantitative estimate of drug-likeness (QED) is 0.351. The van der Waals surface area contributed by atoms with E-state index in [1.807, 2.05) is 31.2 Å². The Balaban J connectivity index is 1.73. The van der Waals surface area contributed by atoms with Crippen LogP contribution >= 0.6 is 11.6 Å². The van der Waals surface area contributed by atoms with Crippen LogP contribution in [0.25, 0.3) is 0 Å². The van der Waals surface area contributed by atoms with Crippen LogP contribution in [0.2, 0.25) is 5.02 Å². The minimum Gasteiger partial charge on any atom is -0.454 e. The van der Waals surface area contributed by atoms with E-state index in [1.54, 1.807) is 0 Å². The molecule has 0 saturated carbocycles. The fourth-order valence-corrected chi connectivity index (χ4v) is 2.51. The van der Waals surface area contributed by atoms with Crippen molar-refractivity contribution in [2.24, 2.45) is 0 Å². The summed E-state index contributed by atoms with van der Waals surface area (Å²) in [5.74, 6) is -0.637. The van der Waals surface area contributed by atoms with Gasteiger partial charge in [-0.2, -0.15) is 15.0 Å². The number of nitrogens with one attached hydrogen (secondary N) is 1. The van der Waals surface area contributed by atoms with Crippen LogP contribution in [0.4, 0.5) is 23.3 Å². The zero-order valence-corrected chi connectivity index (χ0v) is 15.9. The molecule has 0 unspecified atom stereocenters. The molecule has 29 heavy (non-hydrogen) atoms. The molecule has 2 aromatic carbocycles. The summed E-state index contributed by atoms with van der Waals surface area (Å²) in [6, 6.07) is 11.0. The van der Waals surface area contributed by atoms with Crippen molar-refractivity contribution in [1.29, 1.82) is 0 Å². The number of hydrogen-bond acceptors (Lipinski definition) is 9. The second kappa shape index (κ2) is 8.48. The Morgan fingerprint density at radius 3 is 2.62 bits per heavy atom. The monoisotopic (exact) mass is 414 g/mol. The highest BCUT2D eigenvalue weighted by Gasteiger charge is 2.18. The van der Waals surface area contributed by atoms with Crippen LogP contribution in [-0.2, 0) is 11.3 Å². The Kier molecular flexibility index (Phi) is 5.84. The summed E-state index contributed by atoms with van der Waals surface area (Å²) >= 11 is 5.93. The van der Waals surface area contributed by atoms with Gasteiger partial charge in [0.15, 0.2) is 12.4 Å². The number of ether oxygens (including phenoxy) is 1. The molecule has 11 heteroatoms. The highest BCUT2D eigenvalue weighted by Crippen LogP contribution is 2.23. The number of aryl methyl sites for hydroxylation is 1. The maximum atomic E-state index is 12.3. The lowest BCUT2D eigenvalue weighted by molar-refractivity contribution is -0.384. The number of nitrogens with zero attached hydrogens (tertiary/aromatic N) is 4. The van der Waals surface area contributed by atoms with Crippen molar-refractivity contribution in [3.8, 4) is 0 Å². The van der Waals surface area contributed by atoms with Gasteiger partial charge in [-0.1, -0.05) is 29.3 Å². The molecule has 10 nitrogen and oxygen atoms in total. The largest absolute Gasteiger partial charge is 0.454 e. The Morgan fingerprint density at radius 1 is 1.21 bits per heavy atom. The summed E-state index contributed by atoms with van der Waals surface area (Å²) in [6.07, 6.45) is 0. The normalized spacial score (nSPS) is 10.4. The Labute approximate surface area is 169 Å². The van der Waals surface area contributed by atoms with E-state index in [0.29, 0.717) is 0 Å². The van der Waals surface area contributed by atoms with Crippen molar-refractivity contribution in [1.82, 2.24) is 15.0 Å². The lowest BCUT2D eigenvalue weighted by atomic mass is 10.2. The fraction of sp³-hybridized carbons (Fsp3) is 0.111. The number of nitrogens with two attached hydrogens (primary N) is 1. The number of anilines is 3. The minimum absolute atomic E-state index is 0.0255. The van der Waals surface area contributed by atoms with E-state index in [2.05, 4.69) is 20.3 Å². The first-order valence-corrected chi connectivity index (χ1v) is 8.65. The van der Waals surface area contributed by atoms with Gasteiger partial charge in [-0.3, -0.25) is 10.1 Å². The molecule has 3 aromatic rings. The molecule has 0 spiro atoms. The molecule has 1 aromatic heterocycles. The van der Waals surface area contributed by atoms with E-state index in [0.717, 1.165) is 17.3 Å². The molecular formula is C18H15ClN6O4. The standard InChI is InChI=1S/C18H15ClN6O4/c1-10-2-4-11(5-3-10)21-18-23-15(22-17(20)24-18)9-29-16(26)13-8-12(25(27)28)6-7-14(13)19/h2-8H,9H2,1H3,(H3,20,21,22,23,24). The fourth-order valence-electron chi connectivity index (χ4n) is 2.32. The van der Waals surface area contributed by atoms with E-state index in [9.17, 15) is 14.9 Å². The zero-order valence-electron chi connectivity index (χ0n) is 15.1. The summed E-state index contributed by atoms with van der Waals surface area (Å²) in [4.78, 5) is 34.6. The summed E-state index contributed by atoms with van der Waals surface area (Å²) < 4.78 is 5.12. The second-order valence-corrected chi connectivity index (χ2v) is 6.33. The number of carbonyl (C=O) groups is 1. The third kappa shape index (κ3) is 5.14. The van der Waals surface area contributed by atoms with Crippen molar-refractivity contribution in [2.75, 3.05) is 11.1 Å². The first-order chi connectivity index (χ1) is 13.8. The van der Waals surface area contributed by atoms with Gasteiger partial charge in [0.05, 0.1) is 15.5 Å². The molecule has 3 N–H and O–H groups in total. The molecule has 148 valence electrons. The molecule has 0 aliphatic rings. The first kappa shape index (κ1) is 20.0. The molecule has 3 rings (SSSR count). The average Bonchev–Trinajstić information content (AvgIpc) is 2.67. The summed E-state index contributed by atoms with van der Waals surface area (Å²) in [5, 5.41) is 13.9. The Bertz CT molecular complexity index is 1070. The van der Waals surface area contributed by atoms with E-state index < -0.39 is 10.9 Å². The Hall–Kier alpha value is -3.79. The minimum atomic E-state index is -0.856. The molecule has 0 fully saturated rings. The molecule has 0 saturated heterocycles. The number of nitro benzene ring substituents is 1. The van der Waals surface area contributed by atoms with Crippen molar-refractivity contribution in [2.45, 2.75) is 13.5 Å². The predicted molar refractivity (Wildman–Crippen MR) is 106 cm³/mol. The van der Waals surface area contributed by atoms with Gasteiger partial charge in [0.1, 0.15) is 0 Å². The van der Waals surface area contributed by atoms with Crippen LogP contribution in [0.1, 0.15) is 21.7 Å². The van der Waals surface area contributed by atoms with Crippen LogP contribution in [-0.4, -0.2) is 25.8 Å². The number of esters is 1. The zero-order chi connectivity index (χ0) is 21.0. The molecule has 0 atom stereocenters. The van der Waals surface area contributed by atoms with Gasteiger partial charge in [0.25, 0.3) is 5.69 Å². The van der Waals surface area contributed by atoms with Crippen molar-refractivity contribution >= 4 is 40.8 Å². The number of halogens is 1. The van der Waals surface area contributed by atoms with Gasteiger partial charge in [-0.05, 0) is 25.1 Å². The van der Waals surface area contributed by atoms with Crippen molar-refractivity contribution in [3.63, 3.8) is 0 Å². The number of hydrogen-bond donors (Lipinski definition) is 2. The average molecular weight is 415 g/mol. The maximum Gasteiger partial charge on any atom is 0.340 e. The highest BCUT2D eigenvalue weighted by molar-refractivity contribution is 6.33. The van der Waals surface area contributed by atoms with Gasteiger partial charge in [0.2, 0.25) is 11.9 Å². The summed E-state index contributed by atoms with van der Waals surface area (Å²) in [7, 11) is 0. The van der Waals surface area contributed by atoms with Gasteiger partial charge in [-0.15, -0.1) is 0 Å². The van der Waals surface area contributed by atoms with Crippen LogP contribution < -0.4 is 11.1 Å². The number of nitro groups is 1. The van der Waals surface area contributed by atoms with E-state index >= 15 is 0 Å². The molecule has 1 heterocycles. The van der Waals surface area contributed by atoms with E-state index in [1.165, 1.54) is 12.1 Å². The third-order valence-electron chi connectivity index (χ3n) is 3.72. The molecular weight excluding hydrogens is 400 g/mol. The molecule has 0 radical (unpaired) electrons. The molecule has 0 amide bonds. The number of non-ortho nitro benzene ring substituents is 1. The van der Waals surface area contributed by atoms with Gasteiger partial charge < -0.3 is 15.8 Å². The van der Waals surface area contributed by atoms with Gasteiger partial charge in [0, 0.05) is 17.8 Å². The van der Waals surface area contributed by atoms with Crippen LogP contribution in [0.15, 0.2) is 42.5 Å². The summed E-state index contributed by atoms with van der Waals surface area (Å²) in [5.41, 5.74) is 7.11. The first-order valence-electron chi connectivity index (χ1n) is 8.27. The van der Waals surface area contributed by atoms with Gasteiger partial charge in [-0.25, -0.2) is 4.79 Å². The number of nitrogen functional groups attached to an aromatic ring is 1. The number of benzene rings is 2. The predicted octanol–water partition coefficient (Wildman–Crippen LogP) is 3.42. The topological polar surface area (TPSA) is 146 Å². The van der Waals surface area contributed by atoms with Crippen molar-refractivity contribution < 1.29 is 14.5 Å².